The number of ether oxygens (including phenoxy) is 1. The van der Waals surface area contributed by atoms with Gasteiger partial charge in [0.1, 0.15) is 11.1 Å². The molecule has 0 radical (unpaired) electrons. The standard InChI is InChI=1S/C25H24N2O3S/c1-3-30-22-14-12-21(13-15-22)27-23(28)16-31-25(27)19-8-10-20(11-9-19)26-24(29)18-6-4-17(2)5-7-18/h4-15,25H,3,16H2,1-2H3,(H,26,29)/t25-/m0/s1. The number of thioether (sulfide) groups is 1. The fourth-order valence-electron chi connectivity index (χ4n) is 3.46. The van der Waals surface area contributed by atoms with E-state index in [-0.39, 0.29) is 17.2 Å². The Morgan fingerprint density at radius 2 is 1.71 bits per heavy atom. The van der Waals surface area contributed by atoms with Crippen molar-refractivity contribution in [2.75, 3.05) is 22.6 Å². The third kappa shape index (κ3) is 4.75. The fraction of sp³-hybridized carbons (Fsp3) is 0.200. The molecule has 158 valence electrons. The SMILES string of the molecule is CCOc1ccc(N2C(=O)CS[C@H]2c2ccc(NC(=O)c3ccc(C)cc3)cc2)cc1. The van der Waals surface area contributed by atoms with Crippen LogP contribution in [0.15, 0.2) is 72.8 Å². The first-order chi connectivity index (χ1) is 15.0. The molecule has 1 atom stereocenters. The summed E-state index contributed by atoms with van der Waals surface area (Å²) < 4.78 is 5.50. The third-order valence-corrected chi connectivity index (χ3v) is 6.27. The van der Waals surface area contributed by atoms with E-state index in [0.29, 0.717) is 17.9 Å². The first-order valence-corrected chi connectivity index (χ1v) is 11.2. The zero-order valence-electron chi connectivity index (χ0n) is 17.5. The molecule has 0 saturated carbocycles. The molecule has 3 aromatic rings. The summed E-state index contributed by atoms with van der Waals surface area (Å²) in [6.07, 6.45) is 0. The quantitative estimate of drug-likeness (QED) is 0.565. The zero-order chi connectivity index (χ0) is 21.8. The summed E-state index contributed by atoms with van der Waals surface area (Å²) in [5.41, 5.74) is 4.31. The second kappa shape index (κ2) is 9.27. The van der Waals surface area contributed by atoms with Crippen LogP contribution in [0.4, 0.5) is 11.4 Å². The van der Waals surface area contributed by atoms with Gasteiger partial charge in [-0.25, -0.2) is 0 Å². The smallest absolute Gasteiger partial charge is 0.255 e. The molecular formula is C25H24N2O3S. The molecule has 0 unspecified atom stereocenters. The van der Waals surface area contributed by atoms with Gasteiger partial charge < -0.3 is 10.1 Å². The summed E-state index contributed by atoms with van der Waals surface area (Å²) in [6, 6.07) is 22.7. The van der Waals surface area contributed by atoms with E-state index >= 15 is 0 Å². The van der Waals surface area contributed by atoms with Gasteiger partial charge >= 0.3 is 0 Å². The van der Waals surface area contributed by atoms with Crippen molar-refractivity contribution in [3.05, 3.63) is 89.5 Å². The summed E-state index contributed by atoms with van der Waals surface area (Å²) in [6.45, 7) is 4.54. The Balaban J connectivity index is 1.48. The molecule has 0 aromatic heterocycles. The van der Waals surface area contributed by atoms with Crippen LogP contribution in [-0.2, 0) is 4.79 Å². The topological polar surface area (TPSA) is 58.6 Å². The van der Waals surface area contributed by atoms with E-state index in [4.69, 9.17) is 4.74 Å². The molecule has 31 heavy (non-hydrogen) atoms. The van der Waals surface area contributed by atoms with Crippen molar-refractivity contribution >= 4 is 35.0 Å². The monoisotopic (exact) mass is 432 g/mol. The van der Waals surface area contributed by atoms with Crippen LogP contribution in [0.2, 0.25) is 0 Å². The highest BCUT2D eigenvalue weighted by molar-refractivity contribution is 8.00. The fourth-order valence-corrected chi connectivity index (χ4v) is 4.64. The Hall–Kier alpha value is -3.25. The van der Waals surface area contributed by atoms with Crippen molar-refractivity contribution in [2.45, 2.75) is 19.2 Å². The van der Waals surface area contributed by atoms with Crippen LogP contribution < -0.4 is 15.0 Å². The molecule has 3 aromatic carbocycles. The van der Waals surface area contributed by atoms with Gasteiger partial charge in [0.05, 0.1) is 12.4 Å². The molecular weight excluding hydrogens is 408 g/mol. The van der Waals surface area contributed by atoms with Gasteiger partial charge in [0, 0.05) is 16.9 Å². The van der Waals surface area contributed by atoms with Gasteiger partial charge in [-0.05, 0) is 67.9 Å². The summed E-state index contributed by atoms with van der Waals surface area (Å²) in [4.78, 5) is 26.8. The van der Waals surface area contributed by atoms with E-state index in [1.165, 1.54) is 0 Å². The van der Waals surface area contributed by atoms with Gasteiger partial charge in [0.2, 0.25) is 5.91 Å². The summed E-state index contributed by atoms with van der Waals surface area (Å²) >= 11 is 1.60. The number of anilines is 2. The number of nitrogens with zero attached hydrogens (tertiary/aromatic N) is 1. The number of hydrogen-bond donors (Lipinski definition) is 1. The van der Waals surface area contributed by atoms with Crippen LogP contribution in [0.3, 0.4) is 0 Å². The second-order valence-electron chi connectivity index (χ2n) is 7.30. The van der Waals surface area contributed by atoms with E-state index in [1.807, 2.05) is 91.5 Å². The predicted molar refractivity (Wildman–Crippen MR) is 126 cm³/mol. The van der Waals surface area contributed by atoms with Crippen molar-refractivity contribution in [1.82, 2.24) is 0 Å². The maximum atomic E-state index is 12.6. The number of benzene rings is 3. The molecule has 1 fully saturated rings. The van der Waals surface area contributed by atoms with Crippen LogP contribution in [0, 0.1) is 6.92 Å². The molecule has 1 heterocycles. The Morgan fingerprint density at radius 1 is 1.03 bits per heavy atom. The summed E-state index contributed by atoms with van der Waals surface area (Å²) in [5.74, 6) is 1.16. The Bertz CT molecular complexity index is 1060. The highest BCUT2D eigenvalue weighted by atomic mass is 32.2. The van der Waals surface area contributed by atoms with Crippen molar-refractivity contribution < 1.29 is 14.3 Å². The molecule has 6 heteroatoms. The number of nitrogens with one attached hydrogen (secondary N) is 1. The lowest BCUT2D eigenvalue weighted by molar-refractivity contribution is -0.115. The largest absolute Gasteiger partial charge is 0.494 e. The lowest BCUT2D eigenvalue weighted by Gasteiger charge is -2.24. The molecule has 0 bridgehead atoms. The number of rotatable bonds is 6. The molecule has 4 rings (SSSR count). The van der Waals surface area contributed by atoms with E-state index < -0.39 is 0 Å². The number of aryl methyl sites for hydroxylation is 1. The van der Waals surface area contributed by atoms with Crippen LogP contribution in [-0.4, -0.2) is 24.2 Å². The van der Waals surface area contributed by atoms with E-state index in [2.05, 4.69) is 5.32 Å². The normalized spacial score (nSPS) is 15.7. The lowest BCUT2D eigenvalue weighted by Crippen LogP contribution is -2.27. The Kier molecular flexibility index (Phi) is 6.28. The molecule has 2 amide bonds. The number of carbonyl (C=O) groups excluding carboxylic acids is 2. The minimum absolute atomic E-state index is 0.0795. The molecule has 1 N–H and O–H groups in total. The summed E-state index contributed by atoms with van der Waals surface area (Å²) in [7, 11) is 0. The summed E-state index contributed by atoms with van der Waals surface area (Å²) in [5, 5.41) is 2.82. The molecule has 0 aliphatic carbocycles. The number of carbonyl (C=O) groups is 2. The highest BCUT2D eigenvalue weighted by Gasteiger charge is 2.34. The molecule has 1 aliphatic heterocycles. The van der Waals surface area contributed by atoms with Crippen LogP contribution >= 0.6 is 11.8 Å². The second-order valence-corrected chi connectivity index (χ2v) is 8.36. The van der Waals surface area contributed by atoms with Crippen molar-refractivity contribution in [3.8, 4) is 5.75 Å². The van der Waals surface area contributed by atoms with Gasteiger partial charge in [0.15, 0.2) is 0 Å². The minimum Gasteiger partial charge on any atom is -0.494 e. The molecule has 1 aliphatic rings. The predicted octanol–water partition coefficient (Wildman–Crippen LogP) is 5.42. The number of hydrogen-bond acceptors (Lipinski definition) is 4. The average molecular weight is 433 g/mol. The van der Waals surface area contributed by atoms with Crippen LogP contribution in [0.1, 0.15) is 33.8 Å². The number of amides is 2. The average Bonchev–Trinajstić information content (AvgIpc) is 3.17. The maximum Gasteiger partial charge on any atom is 0.255 e. The Morgan fingerprint density at radius 3 is 2.35 bits per heavy atom. The lowest BCUT2D eigenvalue weighted by atomic mass is 10.1. The molecule has 5 nitrogen and oxygen atoms in total. The van der Waals surface area contributed by atoms with Gasteiger partial charge in [-0.1, -0.05) is 29.8 Å². The highest BCUT2D eigenvalue weighted by Crippen LogP contribution is 2.42. The van der Waals surface area contributed by atoms with Crippen molar-refractivity contribution in [3.63, 3.8) is 0 Å². The minimum atomic E-state index is -0.144. The van der Waals surface area contributed by atoms with E-state index in [1.54, 1.807) is 11.8 Å². The van der Waals surface area contributed by atoms with E-state index in [0.717, 1.165) is 28.3 Å². The van der Waals surface area contributed by atoms with Crippen molar-refractivity contribution in [2.24, 2.45) is 0 Å². The van der Waals surface area contributed by atoms with E-state index in [9.17, 15) is 9.59 Å². The van der Waals surface area contributed by atoms with Gasteiger partial charge in [-0.2, -0.15) is 0 Å². The molecule has 1 saturated heterocycles. The zero-order valence-corrected chi connectivity index (χ0v) is 18.3. The Labute approximate surface area is 186 Å². The van der Waals surface area contributed by atoms with Gasteiger partial charge in [-0.3, -0.25) is 14.5 Å². The third-order valence-electron chi connectivity index (χ3n) is 5.06. The maximum absolute atomic E-state index is 12.6. The molecule has 0 spiro atoms. The van der Waals surface area contributed by atoms with Crippen LogP contribution in [0.25, 0.3) is 0 Å². The van der Waals surface area contributed by atoms with Gasteiger partial charge in [0.25, 0.3) is 5.91 Å². The first kappa shape index (κ1) is 21.0. The van der Waals surface area contributed by atoms with Gasteiger partial charge in [-0.15, -0.1) is 11.8 Å². The first-order valence-electron chi connectivity index (χ1n) is 10.2. The van der Waals surface area contributed by atoms with Crippen LogP contribution in [0.5, 0.6) is 5.75 Å². The van der Waals surface area contributed by atoms with Crippen molar-refractivity contribution in [1.29, 1.82) is 0 Å².